The number of sulfone groups is 1. The van der Waals surface area contributed by atoms with Crippen molar-refractivity contribution in [2.75, 3.05) is 39.3 Å². The van der Waals surface area contributed by atoms with Crippen LogP contribution < -0.4 is 4.74 Å². The summed E-state index contributed by atoms with van der Waals surface area (Å²) in [4.78, 5) is 29.0. The molecule has 3 rings (SSSR count). The topological polar surface area (TPSA) is 117 Å². The summed E-state index contributed by atoms with van der Waals surface area (Å²) < 4.78 is 28.6. The molecule has 0 spiro atoms. The van der Waals surface area contributed by atoms with Crippen LogP contribution >= 0.6 is 0 Å². The third kappa shape index (κ3) is 6.63. The van der Waals surface area contributed by atoms with Crippen molar-refractivity contribution in [3.05, 3.63) is 36.0 Å². The lowest BCUT2D eigenvalue weighted by molar-refractivity contribution is -0.130. The fraction of sp³-hybridized carbons (Fsp3) is 0.476. The van der Waals surface area contributed by atoms with Gasteiger partial charge in [0.2, 0.25) is 5.91 Å². The number of carbonyl (C=O) groups excluding carboxylic acids is 1. The summed E-state index contributed by atoms with van der Waals surface area (Å²) in [5.74, 6) is 1.18. The number of hydrogen-bond donors (Lipinski definition) is 1. The molecule has 1 amide bonds. The maximum atomic E-state index is 12.6. The zero-order valence-electron chi connectivity index (χ0n) is 18.0. The lowest BCUT2D eigenvalue weighted by Gasteiger charge is -2.24. The number of rotatable bonds is 7. The van der Waals surface area contributed by atoms with Gasteiger partial charge in [0.05, 0.1) is 18.6 Å². The molecule has 0 aliphatic carbocycles. The second-order valence-electron chi connectivity index (χ2n) is 7.47. The number of ether oxygens (including phenoxy) is 1. The number of fused-ring (bicyclic) bond motifs is 1. The van der Waals surface area contributed by atoms with Crippen molar-refractivity contribution >= 4 is 33.1 Å². The molecule has 0 radical (unpaired) electrons. The first-order chi connectivity index (χ1) is 14.7. The Labute approximate surface area is 182 Å². The molecule has 0 bridgehead atoms. The highest BCUT2D eigenvalue weighted by Crippen LogP contribution is 2.27. The van der Waals surface area contributed by atoms with E-state index in [1.807, 2.05) is 36.2 Å². The Morgan fingerprint density at radius 2 is 2.03 bits per heavy atom. The van der Waals surface area contributed by atoms with Crippen LogP contribution in [0.1, 0.15) is 18.4 Å². The zero-order chi connectivity index (χ0) is 23.0. The molecule has 1 N–H and O–H groups in total. The first kappa shape index (κ1) is 24.5. The molecule has 10 heteroatoms. The van der Waals surface area contributed by atoms with Gasteiger partial charge in [0.1, 0.15) is 11.3 Å². The molecule has 9 nitrogen and oxygen atoms in total. The number of nitrogens with zero attached hydrogens (tertiary/aromatic N) is 3. The van der Waals surface area contributed by atoms with Crippen molar-refractivity contribution < 1.29 is 27.9 Å². The van der Waals surface area contributed by atoms with Crippen LogP contribution in [-0.4, -0.2) is 86.0 Å². The molecule has 1 aliphatic rings. The maximum Gasteiger partial charge on any atom is 0.290 e. The largest absolute Gasteiger partial charge is 0.494 e. The Morgan fingerprint density at radius 1 is 1.32 bits per heavy atom. The molecule has 0 saturated carbocycles. The van der Waals surface area contributed by atoms with E-state index in [4.69, 9.17) is 14.6 Å². The number of carboxylic acid groups (broad SMARTS) is 1. The fourth-order valence-corrected chi connectivity index (χ4v) is 5.43. The van der Waals surface area contributed by atoms with Gasteiger partial charge in [-0.15, -0.1) is 0 Å². The Hall–Kier alpha value is -2.72. The van der Waals surface area contributed by atoms with E-state index >= 15 is 0 Å². The zero-order valence-corrected chi connectivity index (χ0v) is 18.8. The molecular formula is C21H29N3O6S. The van der Waals surface area contributed by atoms with Crippen LogP contribution in [0.15, 0.2) is 30.5 Å². The van der Waals surface area contributed by atoms with Gasteiger partial charge in [-0.1, -0.05) is 12.1 Å². The van der Waals surface area contributed by atoms with Gasteiger partial charge in [-0.25, -0.2) is 8.42 Å². The first-order valence-corrected chi connectivity index (χ1v) is 11.7. The average molecular weight is 452 g/mol. The summed E-state index contributed by atoms with van der Waals surface area (Å²) in [6.45, 7) is 0.779. The average Bonchev–Trinajstić information content (AvgIpc) is 3.12. The molecule has 1 aliphatic heterocycles. The molecule has 2 heterocycles. The van der Waals surface area contributed by atoms with Gasteiger partial charge >= 0.3 is 0 Å². The minimum Gasteiger partial charge on any atom is -0.494 e. The highest BCUT2D eigenvalue weighted by molar-refractivity contribution is 7.91. The summed E-state index contributed by atoms with van der Waals surface area (Å²) in [6, 6.07) is 7.70. The summed E-state index contributed by atoms with van der Waals surface area (Å²) in [6.07, 6.45) is 2.73. The van der Waals surface area contributed by atoms with Crippen molar-refractivity contribution in [2.45, 2.75) is 25.4 Å². The molecule has 31 heavy (non-hydrogen) atoms. The fourth-order valence-electron chi connectivity index (χ4n) is 3.62. The number of methoxy groups -OCH3 is 1. The molecular weight excluding hydrogens is 422 g/mol. The molecule has 1 unspecified atom stereocenters. The van der Waals surface area contributed by atoms with Gasteiger partial charge in [0.15, 0.2) is 9.84 Å². The second kappa shape index (κ2) is 11.1. The predicted molar refractivity (Wildman–Crippen MR) is 118 cm³/mol. The molecule has 1 saturated heterocycles. The summed E-state index contributed by atoms with van der Waals surface area (Å²) in [5, 5.41) is 7.86. The van der Waals surface area contributed by atoms with E-state index in [2.05, 4.69) is 4.98 Å². The number of aromatic nitrogens is 1. The van der Waals surface area contributed by atoms with Crippen LogP contribution in [0.3, 0.4) is 0 Å². The van der Waals surface area contributed by atoms with Crippen LogP contribution in [0.5, 0.6) is 5.75 Å². The van der Waals surface area contributed by atoms with Crippen molar-refractivity contribution in [1.29, 1.82) is 0 Å². The standard InChI is InChI=1S/C20H27N3O4S.CH2O2/c1-22(16-9-12-28(25,26)14-16)11-8-19(24)23(2)13-15-6-7-18(27-3)20-17(15)5-4-10-21-20;2-1-3/h4-7,10,16H,8-9,11-14H2,1-3H3;1H,(H,2,3). The molecule has 1 fully saturated rings. The molecule has 1 atom stereocenters. The third-order valence-electron chi connectivity index (χ3n) is 5.39. The summed E-state index contributed by atoms with van der Waals surface area (Å²) in [7, 11) is 2.38. The SMILES string of the molecule is COc1ccc(CN(C)C(=O)CCN(C)C2CCS(=O)(=O)C2)c2cccnc12.O=CO. The number of amides is 1. The maximum absolute atomic E-state index is 12.6. The van der Waals surface area contributed by atoms with Gasteiger partial charge in [-0.05, 0) is 31.2 Å². The summed E-state index contributed by atoms with van der Waals surface area (Å²) in [5.41, 5.74) is 1.79. The van der Waals surface area contributed by atoms with Crippen LogP contribution in [0.2, 0.25) is 0 Å². The van der Waals surface area contributed by atoms with Crippen LogP contribution in [0.4, 0.5) is 0 Å². The van der Waals surface area contributed by atoms with E-state index < -0.39 is 9.84 Å². The van der Waals surface area contributed by atoms with E-state index in [1.54, 1.807) is 25.3 Å². The van der Waals surface area contributed by atoms with E-state index in [9.17, 15) is 13.2 Å². The van der Waals surface area contributed by atoms with Crippen LogP contribution in [-0.2, 0) is 26.0 Å². The Morgan fingerprint density at radius 3 is 2.65 bits per heavy atom. The minimum absolute atomic E-state index is 0.0136. The molecule has 1 aromatic carbocycles. The molecule has 170 valence electrons. The van der Waals surface area contributed by atoms with Crippen molar-refractivity contribution in [3.63, 3.8) is 0 Å². The van der Waals surface area contributed by atoms with Gasteiger partial charge in [-0.2, -0.15) is 0 Å². The number of hydrogen-bond acceptors (Lipinski definition) is 7. The van der Waals surface area contributed by atoms with Crippen molar-refractivity contribution in [3.8, 4) is 5.75 Å². The van der Waals surface area contributed by atoms with Gasteiger partial charge in [-0.3, -0.25) is 14.6 Å². The van der Waals surface area contributed by atoms with Gasteiger partial charge in [0.25, 0.3) is 6.47 Å². The van der Waals surface area contributed by atoms with E-state index in [0.29, 0.717) is 31.7 Å². The van der Waals surface area contributed by atoms with E-state index in [-0.39, 0.29) is 29.9 Å². The highest BCUT2D eigenvalue weighted by Gasteiger charge is 2.30. The second-order valence-corrected chi connectivity index (χ2v) is 9.70. The molecule has 1 aromatic heterocycles. The minimum atomic E-state index is -2.92. The first-order valence-electron chi connectivity index (χ1n) is 9.85. The lowest BCUT2D eigenvalue weighted by Crippen LogP contribution is -2.36. The lowest BCUT2D eigenvalue weighted by atomic mass is 10.1. The Bertz CT molecular complexity index is 1010. The third-order valence-corrected chi connectivity index (χ3v) is 7.14. The Kier molecular flexibility index (Phi) is 8.76. The highest BCUT2D eigenvalue weighted by atomic mass is 32.2. The number of pyridine rings is 1. The number of benzene rings is 1. The van der Waals surface area contributed by atoms with Crippen LogP contribution in [0.25, 0.3) is 10.9 Å². The predicted octanol–water partition coefficient (Wildman–Crippen LogP) is 1.41. The molecule has 2 aromatic rings. The normalized spacial score (nSPS) is 17.1. The summed E-state index contributed by atoms with van der Waals surface area (Å²) >= 11 is 0. The smallest absolute Gasteiger partial charge is 0.290 e. The quantitative estimate of drug-likeness (QED) is 0.628. The van der Waals surface area contributed by atoms with E-state index in [1.165, 1.54) is 0 Å². The van der Waals surface area contributed by atoms with E-state index in [0.717, 1.165) is 16.5 Å². The van der Waals surface area contributed by atoms with Gasteiger partial charge in [0, 0.05) is 44.2 Å². The number of carbonyl (C=O) groups is 2. The monoisotopic (exact) mass is 451 g/mol. The van der Waals surface area contributed by atoms with Crippen LogP contribution in [0, 0.1) is 0 Å². The van der Waals surface area contributed by atoms with Gasteiger partial charge < -0.3 is 19.6 Å². The van der Waals surface area contributed by atoms with Crippen molar-refractivity contribution in [1.82, 2.24) is 14.8 Å². The Balaban J connectivity index is 0.00000107. The van der Waals surface area contributed by atoms with Crippen molar-refractivity contribution in [2.24, 2.45) is 0 Å².